The summed E-state index contributed by atoms with van der Waals surface area (Å²) in [6.45, 7) is 0.0599. The Labute approximate surface area is 141 Å². The molecule has 128 valence electrons. The summed E-state index contributed by atoms with van der Waals surface area (Å²) in [4.78, 5) is 23.2. The Morgan fingerprint density at radius 1 is 1.24 bits per heavy atom. The Bertz CT molecular complexity index is 945. The highest BCUT2D eigenvalue weighted by Crippen LogP contribution is 2.23. The van der Waals surface area contributed by atoms with Crippen LogP contribution in [0, 0.1) is 5.82 Å². The molecule has 0 unspecified atom stereocenters. The van der Waals surface area contributed by atoms with E-state index in [4.69, 9.17) is 9.63 Å². The van der Waals surface area contributed by atoms with Gasteiger partial charge in [-0.2, -0.15) is 0 Å². The largest absolute Gasteiger partial charge is 0.477 e. The number of aromatic carboxylic acids is 1. The zero-order valence-corrected chi connectivity index (χ0v) is 13.2. The molecule has 25 heavy (non-hydrogen) atoms. The Balaban J connectivity index is 1.69. The minimum atomic E-state index is -1.12. The molecular formula is C17H14FN3O4. The molecule has 3 aromatic rings. The molecule has 8 heteroatoms. The van der Waals surface area contributed by atoms with Crippen molar-refractivity contribution >= 4 is 11.9 Å². The van der Waals surface area contributed by atoms with Crippen LogP contribution in [0.3, 0.4) is 0 Å². The second-order valence-electron chi connectivity index (χ2n) is 5.31. The summed E-state index contributed by atoms with van der Waals surface area (Å²) in [7, 11) is 1.49. The number of carbonyl (C=O) groups is 2. The fourth-order valence-electron chi connectivity index (χ4n) is 2.40. The standard InChI is InChI=1S/C17H14FN3O4/c1-21-13(6-7-14(21)17(23)24)16(22)19-9-10-8-15(25-20-10)11-4-2-3-5-12(11)18/h2-8H,9H2,1H3,(H,19,22)(H,23,24). The van der Waals surface area contributed by atoms with Crippen LogP contribution >= 0.6 is 0 Å². The van der Waals surface area contributed by atoms with Gasteiger partial charge >= 0.3 is 5.97 Å². The smallest absolute Gasteiger partial charge is 0.352 e. The first kappa shape index (κ1) is 16.4. The van der Waals surface area contributed by atoms with Crippen molar-refractivity contribution in [2.75, 3.05) is 0 Å². The summed E-state index contributed by atoms with van der Waals surface area (Å²) in [5.74, 6) is -1.74. The quantitative estimate of drug-likeness (QED) is 0.742. The Morgan fingerprint density at radius 3 is 2.64 bits per heavy atom. The Morgan fingerprint density at radius 2 is 1.96 bits per heavy atom. The van der Waals surface area contributed by atoms with E-state index in [2.05, 4.69) is 10.5 Å². The van der Waals surface area contributed by atoms with Gasteiger partial charge in [-0.1, -0.05) is 17.3 Å². The van der Waals surface area contributed by atoms with Crippen LogP contribution in [-0.2, 0) is 13.6 Å². The fourth-order valence-corrected chi connectivity index (χ4v) is 2.40. The van der Waals surface area contributed by atoms with Crippen LogP contribution in [0.1, 0.15) is 26.7 Å². The third kappa shape index (κ3) is 3.27. The predicted octanol–water partition coefficient (Wildman–Crippen LogP) is 2.45. The molecule has 2 N–H and O–H groups in total. The number of nitrogens with one attached hydrogen (secondary N) is 1. The van der Waals surface area contributed by atoms with Crippen LogP contribution in [0.25, 0.3) is 11.3 Å². The van der Waals surface area contributed by atoms with E-state index in [1.54, 1.807) is 18.2 Å². The molecule has 0 aliphatic rings. The van der Waals surface area contributed by atoms with Gasteiger partial charge in [0.2, 0.25) is 0 Å². The van der Waals surface area contributed by atoms with E-state index >= 15 is 0 Å². The molecule has 0 bridgehead atoms. The first-order valence-electron chi connectivity index (χ1n) is 7.35. The zero-order chi connectivity index (χ0) is 18.0. The first-order chi connectivity index (χ1) is 12.0. The predicted molar refractivity (Wildman–Crippen MR) is 85.4 cm³/mol. The van der Waals surface area contributed by atoms with Gasteiger partial charge in [0, 0.05) is 13.1 Å². The monoisotopic (exact) mass is 343 g/mol. The molecule has 0 saturated carbocycles. The Hall–Kier alpha value is -3.42. The number of benzene rings is 1. The van der Waals surface area contributed by atoms with E-state index in [9.17, 15) is 14.0 Å². The van der Waals surface area contributed by atoms with Crippen LogP contribution in [0.5, 0.6) is 0 Å². The molecule has 0 fully saturated rings. The van der Waals surface area contributed by atoms with Gasteiger partial charge in [0.1, 0.15) is 22.9 Å². The molecular weight excluding hydrogens is 329 g/mol. The lowest BCUT2D eigenvalue weighted by Gasteiger charge is -2.05. The van der Waals surface area contributed by atoms with E-state index in [1.165, 1.54) is 35.9 Å². The third-order valence-corrected chi connectivity index (χ3v) is 3.70. The molecule has 0 spiro atoms. The molecule has 2 heterocycles. The van der Waals surface area contributed by atoms with Crippen LogP contribution in [-0.4, -0.2) is 26.7 Å². The third-order valence-electron chi connectivity index (χ3n) is 3.70. The van der Waals surface area contributed by atoms with Crippen molar-refractivity contribution in [3.05, 3.63) is 65.4 Å². The lowest BCUT2D eigenvalue weighted by atomic mass is 10.1. The normalized spacial score (nSPS) is 10.6. The zero-order valence-electron chi connectivity index (χ0n) is 13.2. The van der Waals surface area contributed by atoms with Gasteiger partial charge < -0.3 is 19.5 Å². The highest BCUT2D eigenvalue weighted by molar-refractivity contribution is 5.95. The van der Waals surface area contributed by atoms with Crippen molar-refractivity contribution in [2.24, 2.45) is 7.05 Å². The number of halogens is 1. The van der Waals surface area contributed by atoms with Crippen molar-refractivity contribution in [1.29, 1.82) is 0 Å². The summed E-state index contributed by atoms with van der Waals surface area (Å²) >= 11 is 0. The number of rotatable bonds is 5. The number of carboxylic acids is 1. The van der Waals surface area contributed by atoms with Crippen molar-refractivity contribution in [2.45, 2.75) is 6.54 Å². The number of carbonyl (C=O) groups excluding carboxylic acids is 1. The second kappa shape index (κ2) is 6.60. The number of nitrogens with zero attached hydrogens (tertiary/aromatic N) is 2. The van der Waals surface area contributed by atoms with Gasteiger partial charge in [-0.3, -0.25) is 4.79 Å². The molecule has 0 radical (unpaired) electrons. The lowest BCUT2D eigenvalue weighted by Crippen LogP contribution is -2.25. The molecule has 2 aromatic heterocycles. The van der Waals surface area contributed by atoms with E-state index < -0.39 is 17.7 Å². The number of amides is 1. The van der Waals surface area contributed by atoms with Crippen molar-refractivity contribution in [3.63, 3.8) is 0 Å². The summed E-state index contributed by atoms with van der Waals surface area (Å²) in [6.07, 6.45) is 0. The van der Waals surface area contributed by atoms with Crippen molar-refractivity contribution in [3.8, 4) is 11.3 Å². The second-order valence-corrected chi connectivity index (χ2v) is 5.31. The molecule has 1 amide bonds. The van der Waals surface area contributed by atoms with Gasteiger partial charge in [0.15, 0.2) is 5.76 Å². The molecule has 0 atom stereocenters. The van der Waals surface area contributed by atoms with Gasteiger partial charge in [-0.15, -0.1) is 0 Å². The topological polar surface area (TPSA) is 97.4 Å². The van der Waals surface area contributed by atoms with Gasteiger partial charge in [0.05, 0.1) is 12.1 Å². The van der Waals surface area contributed by atoms with Gasteiger partial charge in [-0.05, 0) is 24.3 Å². The summed E-state index contributed by atoms with van der Waals surface area (Å²) in [5.41, 5.74) is 0.907. The van der Waals surface area contributed by atoms with E-state index in [0.717, 1.165) is 0 Å². The minimum Gasteiger partial charge on any atom is -0.477 e. The SMILES string of the molecule is Cn1c(C(=O)O)ccc1C(=O)NCc1cc(-c2ccccc2F)on1. The molecule has 3 rings (SSSR count). The number of hydrogen-bond donors (Lipinski definition) is 2. The molecule has 1 aromatic carbocycles. The fraction of sp³-hybridized carbons (Fsp3) is 0.118. The lowest BCUT2D eigenvalue weighted by molar-refractivity contribution is 0.0686. The van der Waals surface area contributed by atoms with Crippen LogP contribution in [0.2, 0.25) is 0 Å². The number of aromatic nitrogens is 2. The molecule has 7 nitrogen and oxygen atoms in total. The van der Waals surface area contributed by atoms with E-state index in [-0.39, 0.29) is 29.3 Å². The maximum atomic E-state index is 13.7. The average Bonchev–Trinajstić information content (AvgIpc) is 3.20. The molecule has 0 aliphatic carbocycles. The molecule has 0 aliphatic heterocycles. The molecule has 0 saturated heterocycles. The number of carboxylic acid groups (broad SMARTS) is 1. The first-order valence-corrected chi connectivity index (χ1v) is 7.35. The maximum absolute atomic E-state index is 13.7. The average molecular weight is 343 g/mol. The van der Waals surface area contributed by atoms with Crippen LogP contribution < -0.4 is 5.32 Å². The van der Waals surface area contributed by atoms with Crippen LogP contribution in [0.4, 0.5) is 4.39 Å². The summed E-state index contributed by atoms with van der Waals surface area (Å²) in [5, 5.41) is 15.4. The van der Waals surface area contributed by atoms with Crippen molar-refractivity contribution < 1.29 is 23.6 Å². The Kier molecular flexibility index (Phi) is 4.34. The van der Waals surface area contributed by atoms with E-state index in [0.29, 0.717) is 5.69 Å². The van der Waals surface area contributed by atoms with Crippen LogP contribution in [0.15, 0.2) is 47.0 Å². The summed E-state index contributed by atoms with van der Waals surface area (Å²) in [6, 6.07) is 10.4. The van der Waals surface area contributed by atoms with Gasteiger partial charge in [0.25, 0.3) is 5.91 Å². The van der Waals surface area contributed by atoms with Crippen molar-refractivity contribution in [1.82, 2.24) is 15.0 Å². The van der Waals surface area contributed by atoms with Gasteiger partial charge in [-0.25, -0.2) is 9.18 Å². The maximum Gasteiger partial charge on any atom is 0.352 e. The highest BCUT2D eigenvalue weighted by Gasteiger charge is 2.17. The summed E-state index contributed by atoms with van der Waals surface area (Å²) < 4.78 is 20.1. The highest BCUT2D eigenvalue weighted by atomic mass is 19.1. The number of hydrogen-bond acceptors (Lipinski definition) is 4. The minimum absolute atomic E-state index is 0.00780. The van der Waals surface area contributed by atoms with E-state index in [1.807, 2.05) is 0 Å².